The van der Waals surface area contributed by atoms with Crippen molar-refractivity contribution in [2.24, 2.45) is 29.6 Å². The second-order valence-electron chi connectivity index (χ2n) is 10.7. The number of likely N-dealkylation sites (N-methyl/N-ethyl adjacent to an activating group) is 1. The molecule has 4 heteroatoms. The van der Waals surface area contributed by atoms with Crippen LogP contribution in [0.3, 0.4) is 0 Å². The summed E-state index contributed by atoms with van der Waals surface area (Å²) in [6.07, 6.45) is 10.2. The predicted octanol–water partition coefficient (Wildman–Crippen LogP) is 4.02. The van der Waals surface area contributed by atoms with Crippen LogP contribution in [0.1, 0.15) is 57.1 Å². The number of benzene rings is 1. The molecule has 1 heterocycles. The SMILES string of the molecule is CC(C)[C@H]1C(=O)N[C@H](CO)Cc2ccc(C=C3C4CC5CC(C4)CC3C5)cc2N1C. The first kappa shape index (κ1) is 20.1. The van der Waals surface area contributed by atoms with Gasteiger partial charge in [0.05, 0.1) is 12.6 Å². The van der Waals surface area contributed by atoms with Gasteiger partial charge in [-0.2, -0.15) is 0 Å². The Morgan fingerprint density at radius 1 is 1.13 bits per heavy atom. The van der Waals surface area contributed by atoms with E-state index in [9.17, 15) is 9.90 Å². The molecule has 4 saturated carbocycles. The second-order valence-corrected chi connectivity index (χ2v) is 10.7. The number of carbonyl (C=O) groups is 1. The number of allylic oxidation sites excluding steroid dienone is 1. The zero-order valence-electron chi connectivity index (χ0n) is 18.6. The van der Waals surface area contributed by atoms with Crippen LogP contribution in [0.5, 0.6) is 0 Å². The van der Waals surface area contributed by atoms with Crippen molar-refractivity contribution in [3.8, 4) is 0 Å². The van der Waals surface area contributed by atoms with E-state index in [2.05, 4.69) is 48.3 Å². The van der Waals surface area contributed by atoms with E-state index in [0.717, 1.165) is 29.4 Å². The van der Waals surface area contributed by atoms with Crippen molar-refractivity contribution in [1.29, 1.82) is 0 Å². The van der Waals surface area contributed by atoms with Crippen LogP contribution in [0.2, 0.25) is 0 Å². The molecule has 0 saturated heterocycles. The first-order valence-corrected chi connectivity index (χ1v) is 11.9. The lowest BCUT2D eigenvalue weighted by Crippen LogP contribution is -2.54. The highest BCUT2D eigenvalue weighted by Gasteiger charge is 2.45. The third kappa shape index (κ3) is 3.47. The molecule has 1 amide bonds. The first-order valence-electron chi connectivity index (χ1n) is 11.9. The zero-order chi connectivity index (χ0) is 21.0. The van der Waals surface area contributed by atoms with Crippen molar-refractivity contribution in [1.82, 2.24) is 5.32 Å². The minimum atomic E-state index is -0.234. The quantitative estimate of drug-likeness (QED) is 0.794. The predicted molar refractivity (Wildman–Crippen MR) is 121 cm³/mol. The Balaban J connectivity index is 1.51. The van der Waals surface area contributed by atoms with Gasteiger partial charge in [-0.3, -0.25) is 4.79 Å². The number of fused-ring (bicyclic) bond motifs is 1. The number of anilines is 1. The Morgan fingerprint density at radius 3 is 2.40 bits per heavy atom. The molecule has 4 nitrogen and oxygen atoms in total. The van der Waals surface area contributed by atoms with Gasteiger partial charge in [0.2, 0.25) is 5.91 Å². The molecule has 1 aromatic carbocycles. The van der Waals surface area contributed by atoms with Crippen LogP contribution in [0.15, 0.2) is 23.8 Å². The van der Waals surface area contributed by atoms with Gasteiger partial charge in [-0.25, -0.2) is 0 Å². The maximum Gasteiger partial charge on any atom is 0.243 e. The molecule has 5 aliphatic rings. The molecule has 4 fully saturated rings. The van der Waals surface area contributed by atoms with Crippen LogP contribution >= 0.6 is 0 Å². The van der Waals surface area contributed by atoms with Crippen LogP contribution in [-0.2, 0) is 11.2 Å². The second kappa shape index (κ2) is 7.71. The topological polar surface area (TPSA) is 52.6 Å². The Morgan fingerprint density at radius 2 is 1.80 bits per heavy atom. The lowest BCUT2D eigenvalue weighted by atomic mass is 9.54. The van der Waals surface area contributed by atoms with Crippen molar-refractivity contribution < 1.29 is 9.90 Å². The van der Waals surface area contributed by atoms with Gasteiger partial charge in [-0.15, -0.1) is 0 Å². The number of aliphatic hydroxyl groups excluding tert-OH is 1. The van der Waals surface area contributed by atoms with Crippen LogP contribution in [0.25, 0.3) is 6.08 Å². The van der Waals surface area contributed by atoms with Gasteiger partial charge in [-0.1, -0.05) is 37.6 Å². The molecule has 0 aromatic heterocycles. The van der Waals surface area contributed by atoms with E-state index in [1.54, 1.807) is 5.57 Å². The fraction of sp³-hybridized carbons (Fsp3) is 0.654. The molecule has 4 bridgehead atoms. The summed E-state index contributed by atoms with van der Waals surface area (Å²) in [6.45, 7) is 4.16. The summed E-state index contributed by atoms with van der Waals surface area (Å²) in [7, 11) is 2.04. The number of nitrogens with one attached hydrogen (secondary N) is 1. The zero-order valence-corrected chi connectivity index (χ0v) is 18.6. The number of hydrogen-bond donors (Lipinski definition) is 2. The summed E-state index contributed by atoms with van der Waals surface area (Å²) in [5.74, 6) is 3.76. The molecule has 4 aliphatic carbocycles. The summed E-state index contributed by atoms with van der Waals surface area (Å²) in [5, 5.41) is 12.8. The fourth-order valence-electron chi connectivity index (χ4n) is 7.12. The minimum Gasteiger partial charge on any atom is -0.394 e. The molecule has 0 unspecified atom stereocenters. The molecule has 0 spiro atoms. The molecule has 1 aromatic rings. The number of rotatable bonds is 3. The average Bonchev–Trinajstić information content (AvgIpc) is 2.69. The highest BCUT2D eigenvalue weighted by atomic mass is 16.3. The normalized spacial score (nSPS) is 35.2. The Hall–Kier alpha value is -1.81. The molecule has 1 aliphatic heterocycles. The van der Waals surface area contributed by atoms with E-state index in [-0.39, 0.29) is 30.5 Å². The van der Waals surface area contributed by atoms with Gasteiger partial charge in [-0.05, 0) is 85.3 Å². The van der Waals surface area contributed by atoms with Gasteiger partial charge in [0.25, 0.3) is 0 Å². The molecule has 6 rings (SSSR count). The maximum atomic E-state index is 12.9. The van der Waals surface area contributed by atoms with Gasteiger partial charge >= 0.3 is 0 Å². The molecule has 162 valence electrons. The highest BCUT2D eigenvalue weighted by molar-refractivity contribution is 5.87. The van der Waals surface area contributed by atoms with Crippen molar-refractivity contribution in [2.75, 3.05) is 18.6 Å². The van der Waals surface area contributed by atoms with E-state index >= 15 is 0 Å². The Labute approximate surface area is 180 Å². The van der Waals surface area contributed by atoms with Crippen LogP contribution in [0.4, 0.5) is 5.69 Å². The molecule has 2 atom stereocenters. The fourth-order valence-corrected chi connectivity index (χ4v) is 7.12. The summed E-state index contributed by atoms with van der Waals surface area (Å²) in [5.41, 5.74) is 5.31. The largest absolute Gasteiger partial charge is 0.394 e. The van der Waals surface area contributed by atoms with Crippen LogP contribution in [0, 0.1) is 29.6 Å². The summed E-state index contributed by atoms with van der Waals surface area (Å²) < 4.78 is 0. The maximum absolute atomic E-state index is 12.9. The summed E-state index contributed by atoms with van der Waals surface area (Å²) in [4.78, 5) is 15.0. The molecule has 2 N–H and O–H groups in total. The van der Waals surface area contributed by atoms with Gasteiger partial charge < -0.3 is 15.3 Å². The lowest BCUT2D eigenvalue weighted by Gasteiger charge is -2.51. The highest BCUT2D eigenvalue weighted by Crippen LogP contribution is 2.56. The van der Waals surface area contributed by atoms with Crippen molar-refractivity contribution in [2.45, 2.75) is 64.5 Å². The first-order chi connectivity index (χ1) is 14.4. The summed E-state index contributed by atoms with van der Waals surface area (Å²) >= 11 is 0. The third-order valence-corrected chi connectivity index (χ3v) is 8.25. The smallest absolute Gasteiger partial charge is 0.243 e. The Kier molecular flexibility index (Phi) is 5.17. The number of hydrogen-bond acceptors (Lipinski definition) is 3. The number of carbonyl (C=O) groups excluding carboxylic acids is 1. The van der Waals surface area contributed by atoms with Gasteiger partial charge in [0.15, 0.2) is 0 Å². The van der Waals surface area contributed by atoms with Crippen molar-refractivity contribution >= 4 is 17.7 Å². The number of amides is 1. The summed E-state index contributed by atoms with van der Waals surface area (Å²) in [6, 6.07) is 6.29. The lowest BCUT2D eigenvalue weighted by molar-refractivity contribution is -0.124. The van der Waals surface area contributed by atoms with E-state index in [1.165, 1.54) is 43.2 Å². The molecular formula is C26H36N2O2. The number of nitrogens with zero attached hydrogens (tertiary/aromatic N) is 1. The molecular weight excluding hydrogens is 372 g/mol. The average molecular weight is 409 g/mol. The van der Waals surface area contributed by atoms with Crippen LogP contribution in [-0.4, -0.2) is 36.8 Å². The third-order valence-electron chi connectivity index (χ3n) is 8.25. The molecule has 0 radical (unpaired) electrons. The number of aliphatic hydroxyl groups is 1. The monoisotopic (exact) mass is 408 g/mol. The Bertz CT molecular complexity index is 829. The van der Waals surface area contributed by atoms with E-state index in [1.807, 2.05) is 7.05 Å². The minimum absolute atomic E-state index is 0.0157. The van der Waals surface area contributed by atoms with E-state index in [0.29, 0.717) is 6.42 Å². The molecule has 30 heavy (non-hydrogen) atoms. The van der Waals surface area contributed by atoms with E-state index < -0.39 is 0 Å². The van der Waals surface area contributed by atoms with Crippen LogP contribution < -0.4 is 10.2 Å². The van der Waals surface area contributed by atoms with Crippen molar-refractivity contribution in [3.63, 3.8) is 0 Å². The standard InChI is InChI=1S/C26H36N2O2/c1-15(2)25-26(30)27-22(14-29)13-19-5-4-16(12-24(19)28(25)3)11-23-20-7-17-6-18(9-20)10-21(23)8-17/h4-5,11-12,15,17-18,20-22,25,29H,6-10,13-14H2,1-3H3,(H,27,30)/t17?,18?,20?,21?,22-,25-/m0/s1. The van der Waals surface area contributed by atoms with E-state index in [4.69, 9.17) is 0 Å². The van der Waals surface area contributed by atoms with Gasteiger partial charge in [0, 0.05) is 12.7 Å². The van der Waals surface area contributed by atoms with Crippen molar-refractivity contribution in [3.05, 3.63) is 34.9 Å². The van der Waals surface area contributed by atoms with Gasteiger partial charge in [0.1, 0.15) is 6.04 Å².